The van der Waals surface area contributed by atoms with Gasteiger partial charge in [-0.3, -0.25) is 0 Å². The van der Waals surface area contributed by atoms with Crippen molar-refractivity contribution in [3.05, 3.63) is 53.1 Å². The third-order valence-corrected chi connectivity index (χ3v) is 2.31. The average molecular weight is 248 g/mol. The van der Waals surface area contributed by atoms with Crippen molar-refractivity contribution in [2.45, 2.75) is 0 Å². The second-order valence-electron chi connectivity index (χ2n) is 3.30. The van der Waals surface area contributed by atoms with Crippen molar-refractivity contribution in [2.24, 2.45) is 0 Å². The van der Waals surface area contributed by atoms with E-state index in [1.165, 1.54) is 12.1 Å². The zero-order valence-electron chi connectivity index (χ0n) is 8.61. The van der Waals surface area contributed by atoms with Crippen LogP contribution in [0.15, 0.2) is 36.5 Å². The van der Waals surface area contributed by atoms with Crippen LogP contribution in [0.5, 0.6) is 0 Å². The minimum Gasteiger partial charge on any atom is -0.355 e. The summed E-state index contributed by atoms with van der Waals surface area (Å²) in [7, 11) is 0. The first kappa shape index (κ1) is 11.4. The third-order valence-electron chi connectivity index (χ3n) is 2.10. The SMILES string of the molecule is N#Cc1cc(Nc2ccnc(Cl)c2)ccc1F. The summed E-state index contributed by atoms with van der Waals surface area (Å²) < 4.78 is 13.1. The molecule has 0 aliphatic rings. The molecule has 0 bridgehead atoms. The fourth-order valence-electron chi connectivity index (χ4n) is 1.34. The van der Waals surface area contributed by atoms with Crippen LogP contribution in [0.2, 0.25) is 5.15 Å². The Morgan fingerprint density at radius 1 is 1.24 bits per heavy atom. The zero-order chi connectivity index (χ0) is 12.3. The van der Waals surface area contributed by atoms with Gasteiger partial charge in [0.05, 0.1) is 5.56 Å². The summed E-state index contributed by atoms with van der Waals surface area (Å²) in [5.41, 5.74) is 1.33. The molecule has 17 heavy (non-hydrogen) atoms. The van der Waals surface area contributed by atoms with Gasteiger partial charge in [0, 0.05) is 17.6 Å². The lowest BCUT2D eigenvalue weighted by atomic mass is 10.2. The van der Waals surface area contributed by atoms with Crippen LogP contribution in [0.1, 0.15) is 5.56 Å². The van der Waals surface area contributed by atoms with Crippen molar-refractivity contribution in [2.75, 3.05) is 5.32 Å². The molecule has 5 heteroatoms. The number of pyridine rings is 1. The van der Waals surface area contributed by atoms with Crippen LogP contribution in [0.3, 0.4) is 0 Å². The first-order valence-electron chi connectivity index (χ1n) is 4.77. The third kappa shape index (κ3) is 2.71. The molecule has 0 amide bonds. The molecule has 2 aromatic rings. The molecule has 1 heterocycles. The Kier molecular flexibility index (Phi) is 3.22. The van der Waals surface area contributed by atoms with E-state index in [-0.39, 0.29) is 5.56 Å². The standard InChI is InChI=1S/C12H7ClFN3/c13-12-6-10(3-4-16-12)17-9-1-2-11(14)8(5-9)7-15/h1-6H,(H,16,17). The lowest BCUT2D eigenvalue weighted by Gasteiger charge is -2.06. The van der Waals surface area contributed by atoms with Gasteiger partial charge in [-0.25, -0.2) is 9.37 Å². The van der Waals surface area contributed by atoms with Gasteiger partial charge >= 0.3 is 0 Å². The van der Waals surface area contributed by atoms with Crippen molar-refractivity contribution in [1.29, 1.82) is 5.26 Å². The number of rotatable bonds is 2. The number of aromatic nitrogens is 1. The monoisotopic (exact) mass is 247 g/mol. The summed E-state index contributed by atoms with van der Waals surface area (Å²) in [6.45, 7) is 0. The lowest BCUT2D eigenvalue weighted by molar-refractivity contribution is 0.624. The predicted molar refractivity (Wildman–Crippen MR) is 63.6 cm³/mol. The number of hydrogen-bond donors (Lipinski definition) is 1. The Bertz CT molecular complexity index is 593. The molecule has 3 nitrogen and oxygen atoms in total. The van der Waals surface area contributed by atoms with Crippen molar-refractivity contribution in [1.82, 2.24) is 4.98 Å². The lowest BCUT2D eigenvalue weighted by Crippen LogP contribution is -1.93. The number of anilines is 2. The predicted octanol–water partition coefficient (Wildman–Crippen LogP) is 3.49. The van der Waals surface area contributed by atoms with E-state index in [0.29, 0.717) is 10.8 Å². The summed E-state index contributed by atoms with van der Waals surface area (Å²) in [5.74, 6) is -0.536. The Hall–Kier alpha value is -2.12. The maximum absolute atomic E-state index is 13.1. The number of nitrogens with zero attached hydrogens (tertiary/aromatic N) is 2. The summed E-state index contributed by atoms with van der Waals surface area (Å²) >= 11 is 5.73. The van der Waals surface area contributed by atoms with Gasteiger partial charge in [0.1, 0.15) is 17.0 Å². The van der Waals surface area contributed by atoms with E-state index in [1.807, 2.05) is 0 Å². The highest BCUT2D eigenvalue weighted by molar-refractivity contribution is 6.29. The number of nitrogens with one attached hydrogen (secondary N) is 1. The second-order valence-corrected chi connectivity index (χ2v) is 3.69. The van der Waals surface area contributed by atoms with E-state index in [0.717, 1.165) is 5.69 Å². The van der Waals surface area contributed by atoms with Crippen LogP contribution in [0.25, 0.3) is 0 Å². The van der Waals surface area contributed by atoms with Gasteiger partial charge in [0.15, 0.2) is 0 Å². The summed E-state index contributed by atoms with van der Waals surface area (Å²) in [5, 5.41) is 12.1. The molecule has 0 spiro atoms. The van der Waals surface area contributed by atoms with E-state index in [9.17, 15) is 4.39 Å². The van der Waals surface area contributed by atoms with Gasteiger partial charge in [-0.2, -0.15) is 5.26 Å². The quantitative estimate of drug-likeness (QED) is 0.827. The van der Waals surface area contributed by atoms with Crippen LogP contribution in [-0.4, -0.2) is 4.98 Å². The molecule has 1 aromatic heterocycles. The van der Waals surface area contributed by atoms with Gasteiger partial charge in [-0.1, -0.05) is 11.6 Å². The summed E-state index contributed by atoms with van der Waals surface area (Å²) in [6, 6.07) is 9.36. The topological polar surface area (TPSA) is 48.7 Å². The van der Waals surface area contributed by atoms with Crippen LogP contribution in [-0.2, 0) is 0 Å². The Labute approximate surface area is 102 Å². The van der Waals surface area contributed by atoms with E-state index in [2.05, 4.69) is 10.3 Å². The Balaban J connectivity index is 2.28. The molecule has 0 atom stereocenters. The molecule has 2 rings (SSSR count). The smallest absolute Gasteiger partial charge is 0.141 e. The fraction of sp³-hybridized carbons (Fsp3) is 0. The highest BCUT2D eigenvalue weighted by atomic mass is 35.5. The minimum atomic E-state index is -0.536. The maximum atomic E-state index is 13.1. The largest absolute Gasteiger partial charge is 0.355 e. The van der Waals surface area contributed by atoms with E-state index in [4.69, 9.17) is 16.9 Å². The van der Waals surface area contributed by atoms with Crippen molar-refractivity contribution >= 4 is 23.0 Å². The molecular weight excluding hydrogens is 241 g/mol. The molecule has 0 saturated carbocycles. The number of benzene rings is 1. The Morgan fingerprint density at radius 2 is 2.00 bits per heavy atom. The van der Waals surface area contributed by atoms with E-state index in [1.54, 1.807) is 30.5 Å². The number of nitriles is 1. The summed E-state index contributed by atoms with van der Waals surface area (Å²) in [4.78, 5) is 3.84. The fourth-order valence-corrected chi connectivity index (χ4v) is 1.51. The molecule has 1 aromatic carbocycles. The van der Waals surface area contributed by atoms with Crippen LogP contribution in [0, 0.1) is 17.1 Å². The molecular formula is C12H7ClFN3. The van der Waals surface area contributed by atoms with E-state index >= 15 is 0 Å². The van der Waals surface area contributed by atoms with E-state index < -0.39 is 5.82 Å². The van der Waals surface area contributed by atoms with Gasteiger partial charge < -0.3 is 5.32 Å². The molecule has 0 fully saturated rings. The highest BCUT2D eigenvalue weighted by Crippen LogP contribution is 2.20. The first-order chi connectivity index (χ1) is 8.19. The van der Waals surface area contributed by atoms with Gasteiger partial charge in [-0.05, 0) is 30.3 Å². The van der Waals surface area contributed by atoms with Crippen LogP contribution in [0.4, 0.5) is 15.8 Å². The molecule has 0 unspecified atom stereocenters. The van der Waals surface area contributed by atoms with Crippen LogP contribution >= 0.6 is 11.6 Å². The summed E-state index contributed by atoms with van der Waals surface area (Å²) in [6.07, 6.45) is 1.55. The number of halogens is 2. The molecule has 0 aliphatic heterocycles. The van der Waals surface area contributed by atoms with Crippen molar-refractivity contribution in [3.8, 4) is 6.07 Å². The van der Waals surface area contributed by atoms with Gasteiger partial charge in [-0.15, -0.1) is 0 Å². The molecule has 0 saturated heterocycles. The molecule has 84 valence electrons. The number of hydrogen-bond acceptors (Lipinski definition) is 3. The Morgan fingerprint density at radius 3 is 2.71 bits per heavy atom. The van der Waals surface area contributed by atoms with Gasteiger partial charge in [0.2, 0.25) is 0 Å². The maximum Gasteiger partial charge on any atom is 0.141 e. The molecule has 0 aliphatic carbocycles. The highest BCUT2D eigenvalue weighted by Gasteiger charge is 2.03. The first-order valence-corrected chi connectivity index (χ1v) is 5.15. The molecule has 1 N–H and O–H groups in total. The van der Waals surface area contributed by atoms with Crippen LogP contribution < -0.4 is 5.32 Å². The zero-order valence-corrected chi connectivity index (χ0v) is 9.37. The molecule has 0 radical (unpaired) electrons. The normalized spacial score (nSPS) is 9.71. The van der Waals surface area contributed by atoms with Crippen molar-refractivity contribution in [3.63, 3.8) is 0 Å². The average Bonchev–Trinajstić information content (AvgIpc) is 2.32. The van der Waals surface area contributed by atoms with Gasteiger partial charge in [0.25, 0.3) is 0 Å². The van der Waals surface area contributed by atoms with Crippen molar-refractivity contribution < 1.29 is 4.39 Å². The second kappa shape index (κ2) is 4.81. The minimum absolute atomic E-state index is 0.00449.